The Labute approximate surface area is 160 Å². The van der Waals surface area contributed by atoms with Crippen LogP contribution in [0.3, 0.4) is 0 Å². The predicted octanol–water partition coefficient (Wildman–Crippen LogP) is 5.07. The highest BCUT2D eigenvalue weighted by Crippen LogP contribution is 2.38. The molecule has 1 atom stereocenters. The Kier molecular flexibility index (Phi) is 5.23. The number of carbonyl (C=O) groups excluding carboxylic acids is 2. The van der Waals surface area contributed by atoms with Crippen molar-refractivity contribution in [3.05, 3.63) is 39.9 Å². The van der Waals surface area contributed by atoms with E-state index >= 15 is 0 Å². The van der Waals surface area contributed by atoms with Crippen molar-refractivity contribution in [1.29, 1.82) is 0 Å². The third-order valence-electron chi connectivity index (χ3n) is 3.96. The molecule has 0 bridgehead atoms. The lowest BCUT2D eigenvalue weighted by Crippen LogP contribution is -2.26. The molecule has 3 rings (SSSR count). The highest BCUT2D eigenvalue weighted by molar-refractivity contribution is 8.00. The fraction of sp³-hybridized carbons (Fsp3) is 0.389. The number of amides is 1. The predicted molar refractivity (Wildman–Crippen MR) is 104 cm³/mol. The van der Waals surface area contributed by atoms with Gasteiger partial charge in [0.2, 0.25) is 5.91 Å². The molecule has 0 aliphatic heterocycles. The van der Waals surface area contributed by atoms with Crippen LogP contribution in [0.4, 0.5) is 5.13 Å². The first-order valence-corrected chi connectivity index (χ1v) is 10.1. The first kappa shape index (κ1) is 18.4. The molecule has 7 heteroatoms. The normalized spacial score (nSPS) is 17.0. The topological polar surface area (TPSA) is 59.1 Å². The van der Waals surface area contributed by atoms with Gasteiger partial charge in [0.15, 0.2) is 10.9 Å². The van der Waals surface area contributed by atoms with E-state index in [9.17, 15) is 9.59 Å². The molecule has 0 radical (unpaired) electrons. The third-order valence-corrected chi connectivity index (χ3v) is 6.38. The minimum atomic E-state index is -0.283. The Balaban J connectivity index is 1.67. The summed E-state index contributed by atoms with van der Waals surface area (Å²) in [6.45, 7) is 5.98. The molecule has 1 aromatic heterocycles. The van der Waals surface area contributed by atoms with E-state index in [0.717, 1.165) is 17.0 Å². The molecule has 0 unspecified atom stereocenters. The zero-order valence-corrected chi connectivity index (χ0v) is 16.6. The minimum Gasteiger partial charge on any atom is -0.301 e. The van der Waals surface area contributed by atoms with E-state index in [0.29, 0.717) is 21.5 Å². The minimum absolute atomic E-state index is 0.0723. The van der Waals surface area contributed by atoms with E-state index in [4.69, 9.17) is 11.6 Å². The summed E-state index contributed by atoms with van der Waals surface area (Å²) in [4.78, 5) is 30.8. The Bertz CT molecular complexity index is 815. The molecule has 2 aromatic rings. The summed E-state index contributed by atoms with van der Waals surface area (Å²) in [5.41, 5.74) is 0.733. The number of nitrogens with zero attached hydrogens (tertiary/aromatic N) is 1. The number of ketones is 1. The zero-order valence-electron chi connectivity index (χ0n) is 14.3. The van der Waals surface area contributed by atoms with Gasteiger partial charge in [-0.15, -0.1) is 11.8 Å². The molecule has 1 N–H and O–H groups in total. The Hall–Kier alpha value is -1.37. The number of hydrogen-bond acceptors (Lipinski definition) is 5. The Morgan fingerprint density at radius 1 is 1.32 bits per heavy atom. The van der Waals surface area contributed by atoms with E-state index < -0.39 is 0 Å². The van der Waals surface area contributed by atoms with Crippen LogP contribution >= 0.6 is 34.7 Å². The zero-order chi connectivity index (χ0) is 18.2. The maximum absolute atomic E-state index is 12.4. The van der Waals surface area contributed by atoms with Gasteiger partial charge < -0.3 is 5.32 Å². The molecule has 132 valence electrons. The smallest absolute Gasteiger partial charge is 0.239 e. The molecule has 1 aliphatic carbocycles. The fourth-order valence-corrected chi connectivity index (χ4v) is 4.67. The monoisotopic (exact) mass is 394 g/mol. The van der Waals surface area contributed by atoms with Crippen molar-refractivity contribution < 1.29 is 9.59 Å². The number of Topliss-reactive ketones (excluding diaryl/α,β-unsaturated/α-hetero) is 1. The van der Waals surface area contributed by atoms with E-state index in [1.165, 1.54) is 23.1 Å². The van der Waals surface area contributed by atoms with Crippen molar-refractivity contribution in [3.8, 4) is 0 Å². The van der Waals surface area contributed by atoms with E-state index in [-0.39, 0.29) is 22.4 Å². The molecule has 0 fully saturated rings. The molecule has 0 saturated carbocycles. The second-order valence-corrected chi connectivity index (χ2v) is 9.79. The second-order valence-electron chi connectivity index (χ2n) is 6.94. The van der Waals surface area contributed by atoms with Gasteiger partial charge in [0, 0.05) is 16.3 Å². The third kappa shape index (κ3) is 4.43. The number of halogens is 1. The summed E-state index contributed by atoms with van der Waals surface area (Å²) < 4.78 is 0. The molecule has 4 nitrogen and oxygen atoms in total. The van der Waals surface area contributed by atoms with Crippen molar-refractivity contribution >= 4 is 51.5 Å². The average molecular weight is 395 g/mol. The Morgan fingerprint density at radius 2 is 2.00 bits per heavy atom. The van der Waals surface area contributed by atoms with Crippen LogP contribution in [0.1, 0.15) is 42.6 Å². The van der Waals surface area contributed by atoms with Crippen LogP contribution in [0.2, 0.25) is 5.02 Å². The van der Waals surface area contributed by atoms with Gasteiger partial charge in [0.05, 0.1) is 15.8 Å². The van der Waals surface area contributed by atoms with Gasteiger partial charge in [-0.3, -0.25) is 9.59 Å². The summed E-state index contributed by atoms with van der Waals surface area (Å²) in [5.74, 6) is -0.00871. The molecule has 25 heavy (non-hydrogen) atoms. The van der Waals surface area contributed by atoms with Crippen LogP contribution < -0.4 is 5.32 Å². The molecule has 1 aromatic carbocycles. The second kappa shape index (κ2) is 7.09. The van der Waals surface area contributed by atoms with Crippen molar-refractivity contribution in [2.75, 3.05) is 5.32 Å². The molecule has 0 spiro atoms. The van der Waals surface area contributed by atoms with Gasteiger partial charge in [-0.25, -0.2) is 4.98 Å². The summed E-state index contributed by atoms with van der Waals surface area (Å²) in [5, 5.41) is 3.74. The molecular weight excluding hydrogens is 376 g/mol. The first-order valence-electron chi connectivity index (χ1n) is 7.99. The lowest BCUT2D eigenvalue weighted by atomic mass is 9.78. The van der Waals surface area contributed by atoms with E-state index in [1.54, 1.807) is 12.1 Å². The number of thiazole rings is 1. The number of aromatic nitrogens is 1. The summed E-state index contributed by atoms with van der Waals surface area (Å²) in [7, 11) is 0. The average Bonchev–Trinajstić information content (AvgIpc) is 2.90. The lowest BCUT2D eigenvalue weighted by Gasteiger charge is -2.26. The molecular formula is C18H19ClN2O2S2. The number of thioether (sulfide) groups is 1. The number of anilines is 1. The number of nitrogens with one attached hydrogen (secondary N) is 1. The van der Waals surface area contributed by atoms with Crippen molar-refractivity contribution in [2.45, 2.75) is 43.8 Å². The highest BCUT2D eigenvalue weighted by Gasteiger charge is 2.34. The summed E-state index contributed by atoms with van der Waals surface area (Å²) in [6.07, 6.45) is 1.29. The SMILES string of the molecule is C[C@H](Sc1ccc(Cl)cc1)C(=O)Nc1nc2c(s1)C(=O)CC(C)(C)C2. The van der Waals surface area contributed by atoms with Crippen molar-refractivity contribution in [3.63, 3.8) is 0 Å². The first-order chi connectivity index (χ1) is 11.7. The van der Waals surface area contributed by atoms with Crippen LogP contribution in [0.15, 0.2) is 29.2 Å². The number of benzene rings is 1. The number of hydrogen-bond donors (Lipinski definition) is 1. The standard InChI is InChI=1S/C18H19ClN2O2S2/c1-10(24-12-6-4-11(19)5-7-12)16(23)21-17-20-13-8-18(2,3)9-14(22)15(13)25-17/h4-7,10H,8-9H2,1-3H3,(H,20,21,23)/t10-/m0/s1. The largest absolute Gasteiger partial charge is 0.301 e. The maximum Gasteiger partial charge on any atom is 0.239 e. The van der Waals surface area contributed by atoms with E-state index in [1.807, 2.05) is 19.1 Å². The number of rotatable bonds is 4. The van der Waals surface area contributed by atoms with Gasteiger partial charge in [0.1, 0.15) is 0 Å². The summed E-state index contributed by atoms with van der Waals surface area (Å²) in [6, 6.07) is 7.38. The highest BCUT2D eigenvalue weighted by atomic mass is 35.5. The van der Waals surface area contributed by atoms with Gasteiger partial charge in [-0.1, -0.05) is 36.8 Å². The van der Waals surface area contributed by atoms with Gasteiger partial charge >= 0.3 is 0 Å². The van der Waals surface area contributed by atoms with E-state index in [2.05, 4.69) is 24.1 Å². The van der Waals surface area contributed by atoms with Gasteiger partial charge in [0.25, 0.3) is 0 Å². The summed E-state index contributed by atoms with van der Waals surface area (Å²) >= 11 is 8.61. The molecule has 1 aliphatic rings. The van der Waals surface area contributed by atoms with Crippen LogP contribution in [0, 0.1) is 5.41 Å². The fourth-order valence-electron chi connectivity index (χ4n) is 2.75. The molecule has 1 amide bonds. The number of carbonyl (C=O) groups is 2. The molecule has 1 heterocycles. The van der Waals surface area contributed by atoms with Crippen LogP contribution in [-0.4, -0.2) is 21.9 Å². The van der Waals surface area contributed by atoms with Gasteiger partial charge in [-0.05, 0) is 43.0 Å². The van der Waals surface area contributed by atoms with Crippen LogP contribution in [0.5, 0.6) is 0 Å². The molecule has 0 saturated heterocycles. The van der Waals surface area contributed by atoms with Gasteiger partial charge in [-0.2, -0.15) is 0 Å². The lowest BCUT2D eigenvalue weighted by molar-refractivity contribution is -0.115. The quantitative estimate of drug-likeness (QED) is 0.735. The van der Waals surface area contributed by atoms with Crippen LogP contribution in [0.25, 0.3) is 0 Å². The van der Waals surface area contributed by atoms with Crippen LogP contribution in [-0.2, 0) is 11.2 Å². The Morgan fingerprint density at radius 3 is 2.68 bits per heavy atom. The van der Waals surface area contributed by atoms with Crippen molar-refractivity contribution in [2.24, 2.45) is 5.41 Å². The maximum atomic E-state index is 12.4. The van der Waals surface area contributed by atoms with Crippen molar-refractivity contribution in [1.82, 2.24) is 4.98 Å². The number of fused-ring (bicyclic) bond motifs is 1.